The summed E-state index contributed by atoms with van der Waals surface area (Å²) < 4.78 is 19.7. The average Bonchev–Trinajstić information content (AvgIpc) is 3.28. The van der Waals surface area contributed by atoms with Crippen molar-refractivity contribution in [3.8, 4) is 0 Å². The fraction of sp³-hybridized carbons (Fsp3) is 0.292. The maximum Gasteiger partial charge on any atom is 0.251 e. The van der Waals surface area contributed by atoms with Crippen LogP contribution in [0.25, 0.3) is 11.1 Å². The van der Waals surface area contributed by atoms with Crippen LogP contribution in [-0.2, 0) is 25.8 Å². The van der Waals surface area contributed by atoms with Gasteiger partial charge in [0.1, 0.15) is 11.3 Å². The third-order valence-electron chi connectivity index (χ3n) is 5.80. The monoisotopic (exact) mass is 418 g/mol. The van der Waals surface area contributed by atoms with Gasteiger partial charge in [0.25, 0.3) is 5.91 Å². The van der Waals surface area contributed by atoms with Crippen LogP contribution in [0.1, 0.15) is 58.0 Å². The van der Waals surface area contributed by atoms with Gasteiger partial charge in [-0.3, -0.25) is 9.89 Å². The Morgan fingerprint density at radius 1 is 1.13 bits per heavy atom. The molecule has 0 aliphatic heterocycles. The molecule has 0 radical (unpaired) electrons. The Morgan fingerprint density at radius 2 is 2.00 bits per heavy atom. The average molecular weight is 418 g/mol. The lowest BCUT2D eigenvalue weighted by atomic mass is 10.1. The predicted octanol–water partition coefficient (Wildman–Crippen LogP) is 4.48. The molecule has 7 heteroatoms. The molecular weight excluding hydrogens is 395 g/mol. The number of carbonyl (C=O) groups is 1. The second kappa shape index (κ2) is 8.34. The zero-order valence-corrected chi connectivity index (χ0v) is 17.1. The van der Waals surface area contributed by atoms with E-state index in [-0.39, 0.29) is 18.1 Å². The van der Waals surface area contributed by atoms with Gasteiger partial charge in [-0.25, -0.2) is 9.37 Å². The molecule has 1 amide bonds. The number of fused-ring (bicyclic) bond motifs is 2. The number of H-pyrrole nitrogens is 1. The number of oxazole rings is 1. The Bertz CT molecular complexity index is 1240. The number of nitrogens with one attached hydrogen (secondary N) is 2. The molecule has 5 rings (SSSR count). The van der Waals surface area contributed by atoms with E-state index in [1.165, 1.54) is 30.2 Å². The van der Waals surface area contributed by atoms with Crippen LogP contribution < -0.4 is 5.32 Å². The minimum Gasteiger partial charge on any atom is -0.440 e. The first kappa shape index (κ1) is 19.5. The number of nitrogens with zero attached hydrogens (tertiary/aromatic N) is 2. The SMILES string of the molecule is O=C(NCc1n[nH]c2c1CCCCC2)c1ccc2nc(Cc3ccccc3F)oc2c1. The van der Waals surface area contributed by atoms with Gasteiger partial charge in [-0.1, -0.05) is 24.6 Å². The van der Waals surface area contributed by atoms with Gasteiger partial charge in [0.15, 0.2) is 11.5 Å². The maximum absolute atomic E-state index is 13.9. The molecule has 0 spiro atoms. The topological polar surface area (TPSA) is 83.8 Å². The second-order valence-corrected chi connectivity index (χ2v) is 7.93. The van der Waals surface area contributed by atoms with Gasteiger partial charge in [0.2, 0.25) is 0 Å². The fourth-order valence-electron chi connectivity index (χ4n) is 4.13. The van der Waals surface area contributed by atoms with Gasteiger partial charge < -0.3 is 9.73 Å². The molecule has 0 saturated heterocycles. The lowest BCUT2D eigenvalue weighted by Gasteiger charge is -2.05. The number of rotatable bonds is 5. The highest BCUT2D eigenvalue weighted by molar-refractivity contribution is 5.97. The van der Waals surface area contributed by atoms with Crippen molar-refractivity contribution in [2.24, 2.45) is 0 Å². The van der Waals surface area contributed by atoms with E-state index in [1.54, 1.807) is 36.4 Å². The summed E-state index contributed by atoms with van der Waals surface area (Å²) in [5.41, 5.74) is 5.52. The van der Waals surface area contributed by atoms with E-state index in [2.05, 4.69) is 20.5 Å². The van der Waals surface area contributed by atoms with Crippen LogP contribution in [0.15, 0.2) is 46.9 Å². The van der Waals surface area contributed by atoms with Gasteiger partial charge >= 0.3 is 0 Å². The van der Waals surface area contributed by atoms with Crippen molar-refractivity contribution in [3.63, 3.8) is 0 Å². The normalized spacial score (nSPS) is 13.7. The molecule has 0 atom stereocenters. The molecule has 1 aliphatic rings. The van der Waals surface area contributed by atoms with E-state index in [1.807, 2.05) is 0 Å². The van der Waals surface area contributed by atoms with E-state index >= 15 is 0 Å². The summed E-state index contributed by atoms with van der Waals surface area (Å²) in [6.07, 6.45) is 5.85. The highest BCUT2D eigenvalue weighted by Gasteiger charge is 2.17. The van der Waals surface area contributed by atoms with Gasteiger partial charge in [-0.05, 0) is 61.1 Å². The first-order valence-electron chi connectivity index (χ1n) is 10.6. The van der Waals surface area contributed by atoms with Crippen LogP contribution >= 0.6 is 0 Å². The van der Waals surface area contributed by atoms with Gasteiger partial charge in [0, 0.05) is 11.3 Å². The van der Waals surface area contributed by atoms with E-state index < -0.39 is 0 Å². The van der Waals surface area contributed by atoms with Gasteiger partial charge in [0.05, 0.1) is 18.7 Å². The number of amides is 1. The van der Waals surface area contributed by atoms with Crippen molar-refractivity contribution in [2.45, 2.75) is 45.1 Å². The zero-order chi connectivity index (χ0) is 21.2. The third-order valence-corrected chi connectivity index (χ3v) is 5.80. The standard InChI is InChI=1S/C24H23FN4O2/c25-18-8-5-4-6-15(18)13-23-27-20-11-10-16(12-22(20)31-23)24(30)26-14-21-17-7-2-1-3-9-19(17)28-29-21/h4-6,8,10-12H,1-3,7,9,13-14H2,(H,26,30)(H,28,29). The maximum atomic E-state index is 13.9. The number of halogens is 1. The van der Waals surface area contributed by atoms with Crippen molar-refractivity contribution in [1.82, 2.24) is 20.5 Å². The largest absolute Gasteiger partial charge is 0.440 e. The Kier molecular flexibility index (Phi) is 5.24. The summed E-state index contributed by atoms with van der Waals surface area (Å²) in [4.78, 5) is 17.1. The van der Waals surface area contributed by atoms with Crippen LogP contribution in [-0.4, -0.2) is 21.1 Å². The molecule has 31 heavy (non-hydrogen) atoms. The van der Waals surface area contributed by atoms with Gasteiger partial charge in [-0.2, -0.15) is 5.10 Å². The van der Waals surface area contributed by atoms with E-state index in [4.69, 9.17) is 4.42 Å². The van der Waals surface area contributed by atoms with E-state index in [9.17, 15) is 9.18 Å². The molecule has 1 aliphatic carbocycles. The van der Waals surface area contributed by atoms with Crippen molar-refractivity contribution >= 4 is 17.0 Å². The lowest BCUT2D eigenvalue weighted by Crippen LogP contribution is -2.23. The van der Waals surface area contributed by atoms with Crippen molar-refractivity contribution in [1.29, 1.82) is 0 Å². The van der Waals surface area contributed by atoms with Crippen molar-refractivity contribution in [2.75, 3.05) is 0 Å². The third kappa shape index (κ3) is 4.08. The molecule has 0 bridgehead atoms. The summed E-state index contributed by atoms with van der Waals surface area (Å²) in [5, 5.41) is 10.5. The van der Waals surface area contributed by atoms with Crippen LogP contribution in [0, 0.1) is 5.82 Å². The smallest absolute Gasteiger partial charge is 0.251 e. The summed E-state index contributed by atoms with van der Waals surface area (Å²) in [7, 11) is 0. The summed E-state index contributed by atoms with van der Waals surface area (Å²) >= 11 is 0. The number of benzene rings is 2. The molecule has 2 N–H and O–H groups in total. The molecule has 4 aromatic rings. The van der Waals surface area contributed by atoms with Gasteiger partial charge in [-0.15, -0.1) is 0 Å². The van der Waals surface area contributed by atoms with Crippen LogP contribution in [0.3, 0.4) is 0 Å². The zero-order valence-electron chi connectivity index (χ0n) is 17.1. The Hall–Kier alpha value is -3.48. The number of hydrogen-bond acceptors (Lipinski definition) is 4. The van der Waals surface area contributed by atoms with Crippen LogP contribution in [0.5, 0.6) is 0 Å². The second-order valence-electron chi connectivity index (χ2n) is 7.93. The Morgan fingerprint density at radius 3 is 2.90 bits per heavy atom. The highest BCUT2D eigenvalue weighted by Crippen LogP contribution is 2.23. The first-order chi connectivity index (χ1) is 15.2. The molecule has 0 fully saturated rings. The fourth-order valence-corrected chi connectivity index (χ4v) is 4.13. The summed E-state index contributed by atoms with van der Waals surface area (Å²) in [6, 6.07) is 11.7. The minimum absolute atomic E-state index is 0.195. The van der Waals surface area contributed by atoms with Crippen molar-refractivity contribution in [3.05, 3.63) is 82.3 Å². The molecule has 2 aromatic carbocycles. The number of aryl methyl sites for hydroxylation is 1. The molecule has 6 nitrogen and oxygen atoms in total. The van der Waals surface area contributed by atoms with Crippen molar-refractivity contribution < 1.29 is 13.6 Å². The first-order valence-corrected chi connectivity index (χ1v) is 10.6. The molecule has 2 aromatic heterocycles. The van der Waals surface area contributed by atoms with E-state index in [0.29, 0.717) is 34.7 Å². The number of aromatic nitrogens is 3. The quantitative estimate of drug-likeness (QED) is 0.468. The molecule has 158 valence electrons. The van der Waals surface area contributed by atoms with Crippen LogP contribution in [0.2, 0.25) is 0 Å². The number of carbonyl (C=O) groups excluding carboxylic acids is 1. The Balaban J connectivity index is 1.29. The number of aromatic amines is 1. The molecule has 0 saturated carbocycles. The number of hydrogen-bond donors (Lipinski definition) is 2. The Labute approximate surface area is 178 Å². The van der Waals surface area contributed by atoms with Crippen LogP contribution in [0.4, 0.5) is 4.39 Å². The minimum atomic E-state index is -0.291. The molecule has 2 heterocycles. The lowest BCUT2D eigenvalue weighted by molar-refractivity contribution is 0.0950. The van der Waals surface area contributed by atoms with E-state index in [0.717, 1.165) is 25.0 Å². The summed E-state index contributed by atoms with van der Waals surface area (Å²) in [6.45, 7) is 0.387. The molecule has 0 unspecified atom stereocenters. The predicted molar refractivity (Wildman–Crippen MR) is 114 cm³/mol. The summed E-state index contributed by atoms with van der Waals surface area (Å²) in [5.74, 6) is -0.0720. The molecular formula is C24H23FN4O2. The highest BCUT2D eigenvalue weighted by atomic mass is 19.1.